The normalized spacial score (nSPS) is 15.6. The van der Waals surface area contributed by atoms with Crippen molar-refractivity contribution in [1.82, 2.24) is 9.29 Å². The zero-order valence-corrected chi connectivity index (χ0v) is 18.3. The summed E-state index contributed by atoms with van der Waals surface area (Å²) in [5.41, 5.74) is 4.68. The van der Waals surface area contributed by atoms with Crippen molar-refractivity contribution in [2.45, 2.75) is 25.2 Å². The summed E-state index contributed by atoms with van der Waals surface area (Å²) in [5, 5.41) is 3.08. The van der Waals surface area contributed by atoms with Gasteiger partial charge in [-0.05, 0) is 37.1 Å². The van der Waals surface area contributed by atoms with E-state index in [1.165, 1.54) is 11.1 Å². The summed E-state index contributed by atoms with van der Waals surface area (Å²) < 4.78 is 27.3. The largest absolute Gasteiger partial charge is 0.345 e. The van der Waals surface area contributed by atoms with Gasteiger partial charge >= 0.3 is 0 Å². The van der Waals surface area contributed by atoms with Crippen LogP contribution in [0.3, 0.4) is 0 Å². The van der Waals surface area contributed by atoms with Crippen LogP contribution in [0.4, 0.5) is 5.13 Å². The van der Waals surface area contributed by atoms with Gasteiger partial charge in [-0.2, -0.15) is 4.31 Å². The zero-order valence-electron chi connectivity index (χ0n) is 16.7. The first-order valence-electron chi connectivity index (χ1n) is 9.74. The number of benzene rings is 2. The fraction of sp³-hybridized carbons (Fsp3) is 0.318. The number of nitrogens with zero attached hydrogens (tertiary/aromatic N) is 3. The average Bonchev–Trinajstić information content (AvgIpc) is 3.19. The highest BCUT2D eigenvalue weighted by Crippen LogP contribution is 2.26. The molecule has 1 fully saturated rings. The van der Waals surface area contributed by atoms with E-state index in [0.29, 0.717) is 31.1 Å². The third-order valence-electron chi connectivity index (χ3n) is 5.34. The minimum absolute atomic E-state index is 0.367. The highest BCUT2D eigenvalue weighted by Gasteiger charge is 2.29. The van der Waals surface area contributed by atoms with Gasteiger partial charge in [0.05, 0.1) is 10.6 Å². The molecule has 1 saturated heterocycles. The van der Waals surface area contributed by atoms with Crippen LogP contribution in [0.25, 0.3) is 0 Å². The van der Waals surface area contributed by atoms with Crippen LogP contribution < -0.4 is 4.90 Å². The van der Waals surface area contributed by atoms with Crippen molar-refractivity contribution in [2.75, 3.05) is 31.1 Å². The van der Waals surface area contributed by atoms with Gasteiger partial charge in [0.15, 0.2) is 5.13 Å². The highest BCUT2D eigenvalue weighted by atomic mass is 32.2. The molecule has 0 amide bonds. The second-order valence-corrected chi connectivity index (χ2v) is 10.2. The van der Waals surface area contributed by atoms with E-state index in [9.17, 15) is 8.42 Å². The fourth-order valence-corrected chi connectivity index (χ4v) is 5.81. The number of hydrogen-bond donors (Lipinski definition) is 0. The van der Waals surface area contributed by atoms with Gasteiger partial charge in [-0.1, -0.05) is 42.0 Å². The number of anilines is 1. The van der Waals surface area contributed by atoms with Gasteiger partial charge in [-0.3, -0.25) is 0 Å². The molecule has 4 rings (SSSR count). The van der Waals surface area contributed by atoms with Gasteiger partial charge < -0.3 is 4.90 Å². The van der Waals surface area contributed by atoms with Gasteiger partial charge in [0.25, 0.3) is 0 Å². The van der Waals surface area contributed by atoms with Crippen LogP contribution in [0, 0.1) is 13.8 Å². The van der Waals surface area contributed by atoms with Crippen LogP contribution in [-0.2, 0) is 16.4 Å². The monoisotopic (exact) mass is 427 g/mol. The Hall–Kier alpha value is -2.22. The lowest BCUT2D eigenvalue weighted by atomic mass is 10.1. The van der Waals surface area contributed by atoms with Crippen molar-refractivity contribution >= 4 is 26.5 Å². The molecule has 29 heavy (non-hydrogen) atoms. The number of piperazine rings is 1. The molecule has 0 N–H and O–H groups in total. The second-order valence-electron chi connectivity index (χ2n) is 7.43. The average molecular weight is 428 g/mol. The molecule has 0 bridgehead atoms. The molecule has 0 aliphatic carbocycles. The molecule has 1 aliphatic rings. The quantitative estimate of drug-likeness (QED) is 0.620. The lowest BCUT2D eigenvalue weighted by molar-refractivity contribution is 0.384. The summed E-state index contributed by atoms with van der Waals surface area (Å²) in [6.07, 6.45) is 0.824. The summed E-state index contributed by atoms with van der Waals surface area (Å²) >= 11 is 1.63. The fourth-order valence-electron chi connectivity index (χ4n) is 3.51. The maximum Gasteiger partial charge on any atom is 0.243 e. The van der Waals surface area contributed by atoms with Crippen LogP contribution in [0.2, 0.25) is 0 Å². The summed E-state index contributed by atoms with van der Waals surface area (Å²) in [6, 6.07) is 15.4. The number of thiazole rings is 1. The molecule has 0 atom stereocenters. The molecule has 5 nitrogen and oxygen atoms in total. The first-order chi connectivity index (χ1) is 13.9. The predicted molar refractivity (Wildman–Crippen MR) is 118 cm³/mol. The molecule has 0 spiro atoms. The molecule has 2 aromatic carbocycles. The maximum absolute atomic E-state index is 12.9. The van der Waals surface area contributed by atoms with E-state index < -0.39 is 10.0 Å². The van der Waals surface area contributed by atoms with E-state index in [4.69, 9.17) is 4.98 Å². The van der Waals surface area contributed by atoms with Crippen LogP contribution in [-0.4, -0.2) is 43.9 Å². The Balaban J connectivity index is 1.40. The minimum Gasteiger partial charge on any atom is -0.345 e. The van der Waals surface area contributed by atoms with Crippen molar-refractivity contribution < 1.29 is 8.42 Å². The Morgan fingerprint density at radius 3 is 2.34 bits per heavy atom. The number of aryl methyl sites for hydroxylation is 2. The first-order valence-corrected chi connectivity index (χ1v) is 12.1. The van der Waals surface area contributed by atoms with Crippen molar-refractivity contribution in [1.29, 1.82) is 0 Å². The number of sulfonamides is 1. The van der Waals surface area contributed by atoms with Gasteiger partial charge in [0.2, 0.25) is 10.0 Å². The van der Waals surface area contributed by atoms with E-state index in [0.717, 1.165) is 22.8 Å². The Labute approximate surface area is 176 Å². The summed E-state index contributed by atoms with van der Waals surface area (Å²) in [7, 11) is -3.43. The lowest BCUT2D eigenvalue weighted by Crippen LogP contribution is -2.48. The molecule has 1 aromatic heterocycles. The third-order valence-corrected chi connectivity index (χ3v) is 8.20. The van der Waals surface area contributed by atoms with E-state index in [1.54, 1.807) is 27.8 Å². The number of rotatable bonds is 5. The van der Waals surface area contributed by atoms with Crippen molar-refractivity contribution in [3.8, 4) is 0 Å². The first kappa shape index (κ1) is 20.1. The number of hydrogen-bond acceptors (Lipinski definition) is 5. The smallest absolute Gasteiger partial charge is 0.243 e. The standard InChI is InChI=1S/C22H25N3O2S2/c1-17-7-9-21(10-8-17)29(26,27)25-13-11-24(12-14-25)22-23-20(16-28-22)15-19-6-4-3-5-18(19)2/h3-10,16H,11-15H2,1-2H3. The third kappa shape index (κ3) is 4.37. The van der Waals surface area contributed by atoms with Crippen LogP contribution in [0.15, 0.2) is 58.8 Å². The molecule has 0 saturated carbocycles. The molecule has 152 valence electrons. The van der Waals surface area contributed by atoms with E-state index in [2.05, 4.69) is 41.5 Å². The van der Waals surface area contributed by atoms with Gasteiger partial charge in [0.1, 0.15) is 0 Å². The lowest BCUT2D eigenvalue weighted by Gasteiger charge is -2.33. The van der Waals surface area contributed by atoms with Gasteiger partial charge in [0, 0.05) is 38.0 Å². The molecule has 1 aliphatic heterocycles. The topological polar surface area (TPSA) is 53.5 Å². The van der Waals surface area contributed by atoms with Crippen molar-refractivity contribution in [2.24, 2.45) is 0 Å². The molecule has 0 unspecified atom stereocenters. The molecule has 7 heteroatoms. The Kier molecular flexibility index (Phi) is 5.72. The zero-order chi connectivity index (χ0) is 20.4. The summed E-state index contributed by atoms with van der Waals surface area (Å²) in [4.78, 5) is 7.36. The number of aromatic nitrogens is 1. The van der Waals surface area contributed by atoms with E-state index >= 15 is 0 Å². The van der Waals surface area contributed by atoms with Crippen molar-refractivity contribution in [3.63, 3.8) is 0 Å². The molecular formula is C22H25N3O2S2. The van der Waals surface area contributed by atoms with Crippen LogP contribution in [0.1, 0.15) is 22.4 Å². The van der Waals surface area contributed by atoms with E-state index in [-0.39, 0.29) is 0 Å². The van der Waals surface area contributed by atoms with Gasteiger partial charge in [-0.25, -0.2) is 13.4 Å². The summed E-state index contributed by atoms with van der Waals surface area (Å²) in [5.74, 6) is 0. The molecule has 0 radical (unpaired) electrons. The molecule has 2 heterocycles. The summed E-state index contributed by atoms with van der Waals surface area (Å²) in [6.45, 7) is 6.34. The maximum atomic E-state index is 12.9. The van der Waals surface area contributed by atoms with Crippen LogP contribution >= 0.6 is 11.3 Å². The molecule has 3 aromatic rings. The van der Waals surface area contributed by atoms with E-state index in [1.807, 2.05) is 19.1 Å². The molecular weight excluding hydrogens is 402 g/mol. The van der Waals surface area contributed by atoms with Crippen molar-refractivity contribution in [3.05, 3.63) is 76.3 Å². The Bertz CT molecular complexity index is 1080. The SMILES string of the molecule is Cc1ccc(S(=O)(=O)N2CCN(c3nc(Cc4ccccc4C)cs3)CC2)cc1. The predicted octanol–water partition coefficient (Wildman–Crippen LogP) is 3.86. The highest BCUT2D eigenvalue weighted by molar-refractivity contribution is 7.89. The Morgan fingerprint density at radius 2 is 1.66 bits per heavy atom. The van der Waals surface area contributed by atoms with Gasteiger partial charge in [-0.15, -0.1) is 11.3 Å². The minimum atomic E-state index is -3.43. The van der Waals surface area contributed by atoms with Crippen LogP contribution in [0.5, 0.6) is 0 Å². The second kappa shape index (κ2) is 8.26. The Morgan fingerprint density at radius 1 is 0.966 bits per heavy atom.